The number of nitrogens with zero attached hydrogens (tertiary/aromatic N) is 5. The molecule has 0 radical (unpaired) electrons. The molecule has 7 nitrogen and oxygen atoms in total. The quantitative estimate of drug-likeness (QED) is 0.755. The molecule has 0 atom stereocenters. The van der Waals surface area contributed by atoms with E-state index in [0.717, 1.165) is 53.9 Å². The van der Waals surface area contributed by atoms with Gasteiger partial charge in [-0.2, -0.15) is 0 Å². The Kier molecular flexibility index (Phi) is 4.03. The van der Waals surface area contributed by atoms with Gasteiger partial charge in [0.15, 0.2) is 5.65 Å². The minimum Gasteiger partial charge on any atom is -0.373 e. The Labute approximate surface area is 153 Å². The van der Waals surface area contributed by atoms with Crippen LogP contribution in [0.4, 0.5) is 11.6 Å². The molecule has 136 valence electrons. The van der Waals surface area contributed by atoms with Crippen molar-refractivity contribution in [1.29, 1.82) is 0 Å². The van der Waals surface area contributed by atoms with E-state index >= 15 is 0 Å². The number of fused-ring (bicyclic) bond motifs is 1. The van der Waals surface area contributed by atoms with E-state index in [-0.39, 0.29) is 5.54 Å². The minimum absolute atomic E-state index is 0.0787. The van der Waals surface area contributed by atoms with Crippen molar-refractivity contribution in [2.24, 2.45) is 0 Å². The third-order valence-electron chi connectivity index (χ3n) is 4.82. The van der Waals surface area contributed by atoms with Gasteiger partial charge in [0.05, 0.1) is 11.4 Å². The molecule has 0 unspecified atom stereocenters. The smallest absolute Gasteiger partial charge is 0.154 e. The number of nitrogens with one attached hydrogen (secondary N) is 2. The first-order valence-corrected chi connectivity index (χ1v) is 8.97. The predicted octanol–water partition coefficient (Wildman–Crippen LogP) is 2.33. The lowest BCUT2D eigenvalue weighted by Gasteiger charge is -2.39. The first-order valence-electron chi connectivity index (χ1n) is 8.97. The van der Waals surface area contributed by atoms with Gasteiger partial charge in [0.2, 0.25) is 0 Å². The summed E-state index contributed by atoms with van der Waals surface area (Å²) in [5.74, 6) is 1.81. The van der Waals surface area contributed by atoms with Gasteiger partial charge in [0.25, 0.3) is 0 Å². The van der Waals surface area contributed by atoms with E-state index < -0.39 is 0 Å². The summed E-state index contributed by atoms with van der Waals surface area (Å²) in [6, 6.07) is 8.14. The van der Waals surface area contributed by atoms with Crippen LogP contribution in [-0.4, -0.2) is 51.8 Å². The molecule has 26 heavy (non-hydrogen) atoms. The molecule has 0 aromatic carbocycles. The molecule has 0 amide bonds. The summed E-state index contributed by atoms with van der Waals surface area (Å²) in [6.45, 7) is 9.30. The fourth-order valence-electron chi connectivity index (χ4n) is 3.59. The van der Waals surface area contributed by atoms with Crippen LogP contribution in [-0.2, 0) is 0 Å². The van der Waals surface area contributed by atoms with Gasteiger partial charge in [-0.05, 0) is 45.0 Å². The second-order valence-corrected chi connectivity index (χ2v) is 7.42. The summed E-state index contributed by atoms with van der Waals surface area (Å²) >= 11 is 0. The van der Waals surface area contributed by atoms with Crippen LogP contribution < -0.4 is 15.5 Å². The third kappa shape index (κ3) is 2.99. The van der Waals surface area contributed by atoms with Crippen LogP contribution in [0.15, 0.2) is 30.5 Å². The molecule has 2 N–H and O–H groups in total. The number of imidazole rings is 1. The number of aromatic nitrogens is 4. The Morgan fingerprint density at radius 1 is 1.23 bits per heavy atom. The molecule has 3 aromatic rings. The SMILES string of the molecule is CNc1cc(-c2c(C)nc3ccc(N4CCNC(C)(C)C4)nn23)ccn1. The number of anilines is 2. The van der Waals surface area contributed by atoms with Crippen LogP contribution in [0, 0.1) is 6.92 Å². The molecule has 0 aliphatic carbocycles. The first kappa shape index (κ1) is 16.8. The summed E-state index contributed by atoms with van der Waals surface area (Å²) in [4.78, 5) is 11.3. The zero-order valence-electron chi connectivity index (χ0n) is 15.7. The van der Waals surface area contributed by atoms with Gasteiger partial charge in [0.1, 0.15) is 11.6 Å². The van der Waals surface area contributed by atoms with Gasteiger partial charge in [0, 0.05) is 44.0 Å². The highest BCUT2D eigenvalue weighted by Crippen LogP contribution is 2.27. The van der Waals surface area contributed by atoms with Crippen molar-refractivity contribution in [2.75, 3.05) is 36.9 Å². The standard InChI is InChI=1S/C19H25N7/c1-13-18(14-7-8-21-15(11-14)20-4)26-16(23-13)5-6-17(24-26)25-10-9-22-19(2,3)12-25/h5-8,11,22H,9-10,12H2,1-4H3,(H,20,21). The Balaban J connectivity index is 1.80. The lowest BCUT2D eigenvalue weighted by Crippen LogP contribution is -2.57. The molecule has 7 heteroatoms. The van der Waals surface area contributed by atoms with Crippen molar-refractivity contribution in [3.05, 3.63) is 36.2 Å². The van der Waals surface area contributed by atoms with Gasteiger partial charge < -0.3 is 15.5 Å². The summed E-state index contributed by atoms with van der Waals surface area (Å²) in [5, 5.41) is 11.6. The molecule has 0 bridgehead atoms. The monoisotopic (exact) mass is 351 g/mol. The number of hydrogen-bond donors (Lipinski definition) is 2. The van der Waals surface area contributed by atoms with Crippen molar-refractivity contribution in [3.63, 3.8) is 0 Å². The number of piperazine rings is 1. The van der Waals surface area contributed by atoms with Crippen LogP contribution in [0.5, 0.6) is 0 Å². The molecule has 4 rings (SSSR count). The second-order valence-electron chi connectivity index (χ2n) is 7.42. The molecule has 0 spiro atoms. The lowest BCUT2D eigenvalue weighted by atomic mass is 10.0. The Morgan fingerprint density at radius 3 is 2.85 bits per heavy atom. The van der Waals surface area contributed by atoms with E-state index in [2.05, 4.69) is 45.4 Å². The Morgan fingerprint density at radius 2 is 2.08 bits per heavy atom. The van der Waals surface area contributed by atoms with Crippen molar-refractivity contribution in [1.82, 2.24) is 24.9 Å². The van der Waals surface area contributed by atoms with E-state index in [9.17, 15) is 0 Å². The third-order valence-corrected chi connectivity index (χ3v) is 4.82. The average molecular weight is 351 g/mol. The van der Waals surface area contributed by atoms with E-state index in [1.165, 1.54) is 0 Å². The number of rotatable bonds is 3. The van der Waals surface area contributed by atoms with Crippen LogP contribution in [0.25, 0.3) is 16.9 Å². The normalized spacial score (nSPS) is 16.8. The fraction of sp³-hybridized carbons (Fsp3) is 0.421. The summed E-state index contributed by atoms with van der Waals surface area (Å²) in [7, 11) is 1.87. The van der Waals surface area contributed by atoms with Gasteiger partial charge in [-0.3, -0.25) is 0 Å². The van der Waals surface area contributed by atoms with E-state index in [1.54, 1.807) is 0 Å². The molecule has 1 saturated heterocycles. The van der Waals surface area contributed by atoms with Gasteiger partial charge in [-0.15, -0.1) is 5.10 Å². The topological polar surface area (TPSA) is 70.4 Å². The van der Waals surface area contributed by atoms with Crippen molar-refractivity contribution < 1.29 is 0 Å². The van der Waals surface area contributed by atoms with Crippen LogP contribution >= 0.6 is 0 Å². The summed E-state index contributed by atoms with van der Waals surface area (Å²) in [6.07, 6.45) is 1.81. The number of pyridine rings is 1. The molecule has 4 heterocycles. The maximum atomic E-state index is 4.93. The molecule has 3 aromatic heterocycles. The van der Waals surface area contributed by atoms with Crippen LogP contribution in [0.2, 0.25) is 0 Å². The van der Waals surface area contributed by atoms with Crippen molar-refractivity contribution in [2.45, 2.75) is 26.3 Å². The molecular formula is C19H25N7. The Hall–Kier alpha value is -2.67. The predicted molar refractivity (Wildman–Crippen MR) is 105 cm³/mol. The van der Waals surface area contributed by atoms with E-state index in [1.807, 2.05) is 42.9 Å². The fourth-order valence-corrected chi connectivity index (χ4v) is 3.59. The van der Waals surface area contributed by atoms with Gasteiger partial charge in [-0.25, -0.2) is 14.5 Å². The molecule has 1 aliphatic heterocycles. The lowest BCUT2D eigenvalue weighted by molar-refractivity contribution is 0.351. The summed E-state index contributed by atoms with van der Waals surface area (Å²) in [5.41, 5.74) is 3.96. The van der Waals surface area contributed by atoms with Crippen LogP contribution in [0.3, 0.4) is 0 Å². The highest BCUT2D eigenvalue weighted by molar-refractivity contribution is 5.69. The van der Waals surface area contributed by atoms with E-state index in [0.29, 0.717) is 0 Å². The van der Waals surface area contributed by atoms with Gasteiger partial charge >= 0.3 is 0 Å². The van der Waals surface area contributed by atoms with Crippen molar-refractivity contribution >= 4 is 17.3 Å². The maximum Gasteiger partial charge on any atom is 0.154 e. The number of hydrogen-bond acceptors (Lipinski definition) is 6. The Bertz CT molecular complexity index is 944. The second kappa shape index (κ2) is 6.25. The zero-order chi connectivity index (χ0) is 18.3. The summed E-state index contributed by atoms with van der Waals surface area (Å²) < 4.78 is 1.95. The molecule has 0 saturated carbocycles. The van der Waals surface area contributed by atoms with Gasteiger partial charge in [-0.1, -0.05) is 0 Å². The number of aryl methyl sites for hydroxylation is 1. The van der Waals surface area contributed by atoms with E-state index in [4.69, 9.17) is 5.10 Å². The minimum atomic E-state index is 0.0787. The zero-order valence-corrected chi connectivity index (χ0v) is 15.7. The highest BCUT2D eigenvalue weighted by atomic mass is 15.4. The molecule has 1 aliphatic rings. The highest BCUT2D eigenvalue weighted by Gasteiger charge is 2.27. The average Bonchev–Trinajstić information content (AvgIpc) is 2.95. The largest absolute Gasteiger partial charge is 0.373 e. The molecular weight excluding hydrogens is 326 g/mol. The van der Waals surface area contributed by atoms with Crippen LogP contribution in [0.1, 0.15) is 19.5 Å². The molecule has 1 fully saturated rings. The first-order chi connectivity index (χ1) is 12.5. The van der Waals surface area contributed by atoms with Crippen molar-refractivity contribution in [3.8, 4) is 11.3 Å². The maximum absolute atomic E-state index is 4.93.